The van der Waals surface area contributed by atoms with Crippen molar-refractivity contribution in [2.75, 3.05) is 13.2 Å². The molecule has 1 aliphatic heterocycles. The van der Waals surface area contributed by atoms with Gasteiger partial charge in [0.25, 0.3) is 0 Å². The molecular weight excluding hydrogens is 190 g/mol. The van der Waals surface area contributed by atoms with Gasteiger partial charge in [-0.25, -0.2) is 0 Å². The van der Waals surface area contributed by atoms with Crippen LogP contribution in [0.15, 0.2) is 24.3 Å². The maximum absolute atomic E-state index is 5.78. The summed E-state index contributed by atoms with van der Waals surface area (Å²) in [6.45, 7) is 5.07. The second-order valence-electron chi connectivity index (χ2n) is 4.10. The second-order valence-corrected chi connectivity index (χ2v) is 4.10. The molecule has 0 spiro atoms. The third kappa shape index (κ3) is 2.04. The zero-order valence-corrected chi connectivity index (χ0v) is 9.19. The molecule has 3 heteroatoms. The van der Waals surface area contributed by atoms with E-state index in [9.17, 15) is 0 Å². The van der Waals surface area contributed by atoms with Crippen LogP contribution in [0.25, 0.3) is 0 Å². The van der Waals surface area contributed by atoms with Crippen molar-refractivity contribution in [1.29, 1.82) is 0 Å². The van der Waals surface area contributed by atoms with Crippen molar-refractivity contribution < 1.29 is 9.47 Å². The minimum Gasteiger partial charge on any atom is -0.343 e. The number of hydrogen-bond donors (Lipinski definition) is 1. The minimum atomic E-state index is -0.627. The summed E-state index contributed by atoms with van der Waals surface area (Å²) in [5.74, 6) is -0.627. The smallest absolute Gasteiger partial charge is 0.192 e. The first-order valence-electron chi connectivity index (χ1n) is 5.23. The van der Waals surface area contributed by atoms with Crippen LogP contribution in [0.2, 0.25) is 0 Å². The number of benzene rings is 1. The Hall–Kier alpha value is -0.900. The SMILES string of the molecule is Cc1ccc(C2(C)OCC(CN)O2)cc1. The lowest BCUT2D eigenvalue weighted by Crippen LogP contribution is -2.27. The van der Waals surface area contributed by atoms with Crippen LogP contribution in [0, 0.1) is 6.92 Å². The van der Waals surface area contributed by atoms with E-state index >= 15 is 0 Å². The molecule has 0 aromatic heterocycles. The fourth-order valence-corrected chi connectivity index (χ4v) is 1.76. The van der Waals surface area contributed by atoms with Crippen LogP contribution in [0.1, 0.15) is 18.1 Å². The van der Waals surface area contributed by atoms with Gasteiger partial charge in [-0.15, -0.1) is 0 Å². The molecule has 2 atom stereocenters. The maximum Gasteiger partial charge on any atom is 0.192 e. The summed E-state index contributed by atoms with van der Waals surface area (Å²) < 4.78 is 11.4. The number of rotatable bonds is 2. The Morgan fingerprint density at radius 1 is 1.40 bits per heavy atom. The van der Waals surface area contributed by atoms with Crippen LogP contribution < -0.4 is 5.73 Å². The second kappa shape index (κ2) is 3.93. The summed E-state index contributed by atoms with van der Waals surface area (Å²) in [5.41, 5.74) is 7.83. The molecule has 1 aromatic carbocycles. The molecule has 3 nitrogen and oxygen atoms in total. The van der Waals surface area contributed by atoms with Crippen LogP contribution in [0.4, 0.5) is 0 Å². The molecule has 0 saturated carbocycles. The monoisotopic (exact) mass is 207 g/mol. The Bertz CT molecular complexity index is 336. The highest BCUT2D eigenvalue weighted by Crippen LogP contribution is 2.33. The van der Waals surface area contributed by atoms with Gasteiger partial charge in [0, 0.05) is 12.1 Å². The maximum atomic E-state index is 5.78. The van der Waals surface area contributed by atoms with Crippen molar-refractivity contribution in [3.05, 3.63) is 35.4 Å². The Morgan fingerprint density at radius 3 is 2.60 bits per heavy atom. The highest BCUT2D eigenvalue weighted by atomic mass is 16.7. The molecule has 0 radical (unpaired) electrons. The number of ether oxygens (including phenoxy) is 2. The van der Waals surface area contributed by atoms with Gasteiger partial charge in [-0.2, -0.15) is 0 Å². The summed E-state index contributed by atoms with van der Waals surface area (Å²) in [6, 6.07) is 8.19. The van der Waals surface area contributed by atoms with E-state index in [1.165, 1.54) is 5.56 Å². The van der Waals surface area contributed by atoms with Gasteiger partial charge in [-0.1, -0.05) is 29.8 Å². The third-order valence-corrected chi connectivity index (χ3v) is 2.78. The zero-order valence-electron chi connectivity index (χ0n) is 9.19. The van der Waals surface area contributed by atoms with Gasteiger partial charge in [0.15, 0.2) is 5.79 Å². The van der Waals surface area contributed by atoms with E-state index in [4.69, 9.17) is 15.2 Å². The first-order valence-corrected chi connectivity index (χ1v) is 5.23. The predicted octanol–water partition coefficient (Wildman–Crippen LogP) is 1.54. The highest BCUT2D eigenvalue weighted by Gasteiger charge is 2.37. The Balaban J connectivity index is 2.20. The van der Waals surface area contributed by atoms with Crippen LogP contribution in [0.3, 0.4) is 0 Å². The molecule has 0 aliphatic carbocycles. The molecule has 0 bridgehead atoms. The van der Waals surface area contributed by atoms with Gasteiger partial charge in [-0.3, -0.25) is 0 Å². The van der Waals surface area contributed by atoms with E-state index in [-0.39, 0.29) is 6.10 Å². The average Bonchev–Trinajstić information content (AvgIpc) is 2.62. The van der Waals surface area contributed by atoms with Crippen molar-refractivity contribution in [1.82, 2.24) is 0 Å². The Labute approximate surface area is 90.2 Å². The van der Waals surface area contributed by atoms with Crippen LogP contribution in [-0.2, 0) is 15.3 Å². The van der Waals surface area contributed by atoms with Crippen LogP contribution in [-0.4, -0.2) is 19.3 Å². The van der Waals surface area contributed by atoms with Gasteiger partial charge in [0.1, 0.15) is 0 Å². The zero-order chi connectivity index (χ0) is 10.9. The molecule has 82 valence electrons. The van der Waals surface area contributed by atoms with E-state index in [0.717, 1.165) is 5.56 Å². The normalized spacial score (nSPS) is 30.7. The molecule has 0 amide bonds. The van der Waals surface area contributed by atoms with Gasteiger partial charge in [-0.05, 0) is 13.8 Å². The molecule has 1 aliphatic rings. The van der Waals surface area contributed by atoms with Gasteiger partial charge in [0.05, 0.1) is 12.7 Å². The van der Waals surface area contributed by atoms with E-state index in [0.29, 0.717) is 13.2 Å². The fraction of sp³-hybridized carbons (Fsp3) is 0.500. The summed E-state index contributed by atoms with van der Waals surface area (Å²) in [6.07, 6.45) is 0.0105. The number of aryl methyl sites for hydroxylation is 1. The summed E-state index contributed by atoms with van der Waals surface area (Å²) in [7, 11) is 0. The fourth-order valence-electron chi connectivity index (χ4n) is 1.76. The lowest BCUT2D eigenvalue weighted by Gasteiger charge is -2.23. The molecule has 1 heterocycles. The van der Waals surface area contributed by atoms with Gasteiger partial charge < -0.3 is 15.2 Å². The summed E-state index contributed by atoms with van der Waals surface area (Å²) >= 11 is 0. The molecular formula is C12H17NO2. The van der Waals surface area contributed by atoms with E-state index < -0.39 is 5.79 Å². The molecule has 1 aromatic rings. The topological polar surface area (TPSA) is 44.5 Å². The summed E-state index contributed by atoms with van der Waals surface area (Å²) in [5, 5.41) is 0. The quantitative estimate of drug-likeness (QED) is 0.800. The minimum absolute atomic E-state index is 0.0105. The Kier molecular flexibility index (Phi) is 2.78. The highest BCUT2D eigenvalue weighted by molar-refractivity contribution is 5.25. The van der Waals surface area contributed by atoms with Crippen molar-refractivity contribution in [2.45, 2.75) is 25.7 Å². The van der Waals surface area contributed by atoms with E-state index in [1.807, 2.05) is 19.1 Å². The van der Waals surface area contributed by atoms with Crippen LogP contribution >= 0.6 is 0 Å². The van der Waals surface area contributed by atoms with Gasteiger partial charge in [0.2, 0.25) is 0 Å². The van der Waals surface area contributed by atoms with Crippen molar-refractivity contribution in [3.63, 3.8) is 0 Å². The molecule has 1 saturated heterocycles. The molecule has 2 unspecified atom stereocenters. The van der Waals surface area contributed by atoms with E-state index in [1.54, 1.807) is 0 Å². The Morgan fingerprint density at radius 2 is 2.07 bits per heavy atom. The molecule has 15 heavy (non-hydrogen) atoms. The van der Waals surface area contributed by atoms with Crippen molar-refractivity contribution >= 4 is 0 Å². The predicted molar refractivity (Wildman–Crippen MR) is 58.4 cm³/mol. The average molecular weight is 207 g/mol. The molecule has 2 rings (SSSR count). The number of hydrogen-bond acceptors (Lipinski definition) is 3. The largest absolute Gasteiger partial charge is 0.343 e. The van der Waals surface area contributed by atoms with Crippen LogP contribution in [0.5, 0.6) is 0 Å². The molecule has 2 N–H and O–H groups in total. The molecule has 1 fully saturated rings. The third-order valence-electron chi connectivity index (χ3n) is 2.78. The standard InChI is InChI=1S/C12H17NO2/c1-9-3-5-10(6-4-9)12(2)14-8-11(7-13)15-12/h3-6,11H,7-8,13H2,1-2H3. The number of nitrogens with two attached hydrogens (primary N) is 1. The lowest BCUT2D eigenvalue weighted by molar-refractivity contribution is -0.160. The first kappa shape index (κ1) is 10.6. The van der Waals surface area contributed by atoms with Crippen molar-refractivity contribution in [3.8, 4) is 0 Å². The lowest BCUT2D eigenvalue weighted by atomic mass is 10.1. The van der Waals surface area contributed by atoms with Gasteiger partial charge >= 0.3 is 0 Å². The van der Waals surface area contributed by atoms with E-state index in [2.05, 4.69) is 19.1 Å². The van der Waals surface area contributed by atoms with Crippen molar-refractivity contribution in [2.24, 2.45) is 5.73 Å². The summed E-state index contributed by atoms with van der Waals surface area (Å²) in [4.78, 5) is 0. The first-order chi connectivity index (χ1) is 7.14.